The lowest BCUT2D eigenvalue weighted by Crippen LogP contribution is -2.18. The Morgan fingerprint density at radius 1 is 1.11 bits per heavy atom. The van der Waals surface area contributed by atoms with Crippen molar-refractivity contribution in [1.29, 1.82) is 0 Å². The van der Waals surface area contributed by atoms with E-state index in [-0.39, 0.29) is 29.0 Å². The van der Waals surface area contributed by atoms with Gasteiger partial charge in [0, 0.05) is 17.5 Å². The van der Waals surface area contributed by atoms with Crippen LogP contribution in [0.4, 0.5) is 11.4 Å². The molecular weight excluding hydrogens is 370 g/mol. The van der Waals surface area contributed by atoms with Crippen LogP contribution in [0.15, 0.2) is 18.2 Å². The molecule has 0 unspecified atom stereocenters. The average Bonchev–Trinajstić information content (AvgIpc) is 2.93. The molecule has 1 heterocycles. The third-order valence-corrected chi connectivity index (χ3v) is 3.93. The highest BCUT2D eigenvalue weighted by atomic mass is 16.6. The third kappa shape index (κ3) is 4.17. The first-order valence-electron chi connectivity index (χ1n) is 8.27. The Hall–Kier alpha value is -3.69. The number of aromatic nitrogens is 1. The molecule has 0 radical (unpaired) electrons. The van der Waals surface area contributed by atoms with Crippen LogP contribution in [0.2, 0.25) is 0 Å². The van der Waals surface area contributed by atoms with Crippen LogP contribution in [0, 0.1) is 24.0 Å². The molecule has 0 saturated heterocycles. The van der Waals surface area contributed by atoms with Gasteiger partial charge >= 0.3 is 11.9 Å². The number of benzene rings is 1. The van der Waals surface area contributed by atoms with Gasteiger partial charge in [0.2, 0.25) is 5.78 Å². The second-order valence-corrected chi connectivity index (χ2v) is 5.88. The van der Waals surface area contributed by atoms with Gasteiger partial charge < -0.3 is 20.2 Å². The van der Waals surface area contributed by atoms with Gasteiger partial charge in [-0.05, 0) is 32.9 Å². The number of anilines is 1. The predicted octanol–water partition coefficient (Wildman–Crippen LogP) is 2.34. The molecule has 2 rings (SSSR count). The van der Waals surface area contributed by atoms with Gasteiger partial charge in [0.15, 0.2) is 6.61 Å². The Morgan fingerprint density at radius 2 is 1.75 bits per heavy atom. The molecule has 1 aromatic heterocycles. The molecule has 0 aliphatic rings. The van der Waals surface area contributed by atoms with Gasteiger partial charge in [-0.2, -0.15) is 0 Å². The molecular formula is C18H19N3O7. The highest BCUT2D eigenvalue weighted by molar-refractivity contribution is 6.09. The number of ketones is 1. The summed E-state index contributed by atoms with van der Waals surface area (Å²) in [5.41, 5.74) is 5.87. The number of carbonyl (C=O) groups is 3. The molecule has 0 atom stereocenters. The summed E-state index contributed by atoms with van der Waals surface area (Å²) >= 11 is 0. The zero-order valence-electron chi connectivity index (χ0n) is 15.5. The Bertz CT molecular complexity index is 962. The number of aromatic amines is 1. The fourth-order valence-corrected chi connectivity index (χ4v) is 2.70. The zero-order chi connectivity index (χ0) is 21.0. The van der Waals surface area contributed by atoms with Gasteiger partial charge in [0.05, 0.1) is 28.2 Å². The highest BCUT2D eigenvalue weighted by Gasteiger charge is 2.26. The minimum Gasteiger partial charge on any atom is -0.462 e. The number of nitrogen functional groups attached to an aromatic ring is 1. The number of nitro benzene ring substituents is 1. The standard InChI is InChI=1S/C18H19N3O7/c1-4-27-18(24)16-10(3)20-9(2)15(16)14(22)8-28-17(23)11-5-6-12(19)13(7-11)21(25)26/h5-7,20H,4,8,19H2,1-3H3. The maximum absolute atomic E-state index is 12.5. The van der Waals surface area contributed by atoms with E-state index >= 15 is 0 Å². The number of aryl methyl sites for hydroxylation is 2. The molecule has 0 aliphatic carbocycles. The summed E-state index contributed by atoms with van der Waals surface area (Å²) in [6.07, 6.45) is 0. The Balaban J connectivity index is 2.19. The molecule has 0 spiro atoms. The van der Waals surface area contributed by atoms with Crippen molar-refractivity contribution in [2.75, 3.05) is 18.9 Å². The Labute approximate surface area is 159 Å². The lowest BCUT2D eigenvalue weighted by atomic mass is 10.1. The predicted molar refractivity (Wildman–Crippen MR) is 98.3 cm³/mol. The van der Waals surface area contributed by atoms with Gasteiger partial charge in [-0.15, -0.1) is 0 Å². The van der Waals surface area contributed by atoms with Crippen molar-refractivity contribution in [3.63, 3.8) is 0 Å². The molecule has 148 valence electrons. The van der Waals surface area contributed by atoms with Crippen molar-refractivity contribution in [3.05, 3.63) is 56.4 Å². The van der Waals surface area contributed by atoms with Gasteiger partial charge in [0.25, 0.3) is 5.69 Å². The van der Waals surface area contributed by atoms with Gasteiger partial charge in [0.1, 0.15) is 5.69 Å². The zero-order valence-corrected chi connectivity index (χ0v) is 15.5. The third-order valence-electron chi connectivity index (χ3n) is 3.93. The maximum Gasteiger partial charge on any atom is 0.340 e. The number of nitrogens with two attached hydrogens (primary N) is 1. The van der Waals surface area contributed by atoms with Crippen LogP contribution in [0.3, 0.4) is 0 Å². The summed E-state index contributed by atoms with van der Waals surface area (Å²) in [6, 6.07) is 3.43. The van der Waals surface area contributed by atoms with E-state index in [9.17, 15) is 24.5 Å². The van der Waals surface area contributed by atoms with Crippen LogP contribution in [0.1, 0.15) is 49.4 Å². The van der Waals surface area contributed by atoms with Gasteiger partial charge in [-0.1, -0.05) is 0 Å². The molecule has 0 aliphatic heterocycles. The van der Waals surface area contributed by atoms with Gasteiger partial charge in [-0.25, -0.2) is 9.59 Å². The van der Waals surface area contributed by atoms with Crippen LogP contribution in [0.25, 0.3) is 0 Å². The second-order valence-electron chi connectivity index (χ2n) is 5.88. The molecule has 2 aromatic rings. The van der Waals surface area contributed by atoms with E-state index in [2.05, 4.69) is 4.98 Å². The van der Waals surface area contributed by atoms with Crippen LogP contribution in [-0.4, -0.2) is 40.8 Å². The summed E-state index contributed by atoms with van der Waals surface area (Å²) in [6.45, 7) is 4.36. The van der Waals surface area contributed by atoms with E-state index in [0.717, 1.165) is 6.07 Å². The van der Waals surface area contributed by atoms with Crippen molar-refractivity contribution in [2.45, 2.75) is 20.8 Å². The summed E-state index contributed by atoms with van der Waals surface area (Å²) < 4.78 is 9.92. The number of H-pyrrole nitrogens is 1. The lowest BCUT2D eigenvalue weighted by molar-refractivity contribution is -0.383. The maximum atomic E-state index is 12.5. The van der Waals surface area contributed by atoms with E-state index in [1.807, 2.05) is 0 Å². The number of Topliss-reactive ketones (excluding diaryl/α,β-unsaturated/α-hetero) is 1. The number of rotatable bonds is 7. The number of carbonyl (C=O) groups excluding carboxylic acids is 3. The number of nitrogens with zero attached hydrogens (tertiary/aromatic N) is 1. The largest absolute Gasteiger partial charge is 0.462 e. The molecule has 0 fully saturated rings. The Morgan fingerprint density at radius 3 is 2.36 bits per heavy atom. The highest BCUT2D eigenvalue weighted by Crippen LogP contribution is 2.23. The monoisotopic (exact) mass is 389 g/mol. The summed E-state index contributed by atoms with van der Waals surface area (Å²) in [4.78, 5) is 49.9. The minimum atomic E-state index is -0.931. The number of nitrogens with one attached hydrogen (secondary N) is 1. The summed E-state index contributed by atoms with van der Waals surface area (Å²) in [7, 11) is 0. The van der Waals surface area contributed by atoms with Crippen molar-refractivity contribution in [1.82, 2.24) is 4.98 Å². The Kier molecular flexibility index (Phi) is 6.14. The molecule has 0 saturated carbocycles. The second kappa shape index (κ2) is 8.33. The normalized spacial score (nSPS) is 10.4. The lowest BCUT2D eigenvalue weighted by Gasteiger charge is -2.07. The van der Waals surface area contributed by atoms with Crippen LogP contribution < -0.4 is 5.73 Å². The van der Waals surface area contributed by atoms with Crippen molar-refractivity contribution >= 4 is 29.1 Å². The molecule has 0 bridgehead atoms. The molecule has 0 amide bonds. The number of esters is 2. The van der Waals surface area contributed by atoms with E-state index < -0.39 is 34.9 Å². The molecule has 10 heteroatoms. The first-order valence-corrected chi connectivity index (χ1v) is 8.27. The molecule has 28 heavy (non-hydrogen) atoms. The molecule has 10 nitrogen and oxygen atoms in total. The SMILES string of the molecule is CCOC(=O)c1c(C)[nH]c(C)c1C(=O)COC(=O)c1ccc(N)c([N+](=O)[O-])c1. The number of hydrogen-bond donors (Lipinski definition) is 2. The van der Waals surface area contributed by atoms with Crippen LogP contribution in [-0.2, 0) is 9.47 Å². The van der Waals surface area contributed by atoms with Crippen molar-refractivity contribution in [3.8, 4) is 0 Å². The number of nitro groups is 1. The molecule has 3 N–H and O–H groups in total. The first-order chi connectivity index (χ1) is 13.2. The first kappa shape index (κ1) is 20.6. The number of ether oxygens (including phenoxy) is 2. The summed E-state index contributed by atoms with van der Waals surface area (Å²) in [5, 5.41) is 10.9. The quantitative estimate of drug-likeness (QED) is 0.240. The smallest absolute Gasteiger partial charge is 0.340 e. The van der Waals surface area contributed by atoms with E-state index in [4.69, 9.17) is 15.2 Å². The van der Waals surface area contributed by atoms with Crippen LogP contribution >= 0.6 is 0 Å². The average molecular weight is 389 g/mol. The fourth-order valence-electron chi connectivity index (χ4n) is 2.70. The minimum absolute atomic E-state index is 0.0760. The van der Waals surface area contributed by atoms with E-state index in [0.29, 0.717) is 11.4 Å². The van der Waals surface area contributed by atoms with Crippen molar-refractivity contribution in [2.24, 2.45) is 0 Å². The van der Waals surface area contributed by atoms with Crippen molar-refractivity contribution < 1.29 is 28.8 Å². The van der Waals surface area contributed by atoms with E-state index in [1.54, 1.807) is 20.8 Å². The van der Waals surface area contributed by atoms with E-state index in [1.165, 1.54) is 12.1 Å². The number of hydrogen-bond acceptors (Lipinski definition) is 8. The molecule has 1 aromatic carbocycles. The fraction of sp³-hybridized carbons (Fsp3) is 0.278. The van der Waals surface area contributed by atoms with Gasteiger partial charge in [-0.3, -0.25) is 14.9 Å². The summed E-state index contributed by atoms with van der Waals surface area (Å²) in [5.74, 6) is -2.20. The van der Waals surface area contributed by atoms with Crippen LogP contribution in [0.5, 0.6) is 0 Å². The topological polar surface area (TPSA) is 155 Å².